The molecule has 5 heteroatoms. The van der Waals surface area contributed by atoms with Crippen LogP contribution in [0.25, 0.3) is 0 Å². The lowest BCUT2D eigenvalue weighted by Crippen LogP contribution is -2.44. The molecule has 1 aromatic heterocycles. The van der Waals surface area contributed by atoms with Gasteiger partial charge in [0.25, 0.3) is 5.91 Å². The first-order valence-electron chi connectivity index (χ1n) is 10.3. The van der Waals surface area contributed by atoms with Crippen LogP contribution in [0.4, 0.5) is 0 Å². The van der Waals surface area contributed by atoms with Gasteiger partial charge in [-0.15, -0.1) is 0 Å². The van der Waals surface area contributed by atoms with Gasteiger partial charge in [0.2, 0.25) is 0 Å². The number of fused-ring (bicyclic) bond motifs is 4. The number of rotatable bonds is 6. The molecular weight excluding hydrogens is 336 g/mol. The highest BCUT2D eigenvalue weighted by atomic mass is 16.2. The summed E-state index contributed by atoms with van der Waals surface area (Å²) in [4.78, 5) is 25.6. The summed E-state index contributed by atoms with van der Waals surface area (Å²) in [5.74, 6) is 1.85. The largest absolute Gasteiger partial charge is 0.345 e. The summed E-state index contributed by atoms with van der Waals surface area (Å²) in [7, 11) is 0. The van der Waals surface area contributed by atoms with Crippen molar-refractivity contribution in [2.45, 2.75) is 51.6 Å². The van der Waals surface area contributed by atoms with Crippen LogP contribution in [0.15, 0.2) is 36.5 Å². The number of amides is 1. The summed E-state index contributed by atoms with van der Waals surface area (Å²) in [6, 6.07) is 10.1. The average Bonchev–Trinajstić information content (AvgIpc) is 2.94. The molecule has 0 radical (unpaired) electrons. The third kappa shape index (κ3) is 4.24. The number of hydrogen-bond donors (Lipinski definition) is 1. The number of benzene rings is 1. The molecule has 3 aliphatic rings. The highest BCUT2D eigenvalue weighted by Crippen LogP contribution is 2.29. The van der Waals surface area contributed by atoms with E-state index in [9.17, 15) is 4.79 Å². The third-order valence-electron chi connectivity index (χ3n) is 5.96. The van der Waals surface area contributed by atoms with Gasteiger partial charge in [0.1, 0.15) is 5.82 Å². The van der Waals surface area contributed by atoms with Crippen LogP contribution in [-0.4, -0.2) is 51.4 Å². The van der Waals surface area contributed by atoms with E-state index < -0.39 is 0 Å². The van der Waals surface area contributed by atoms with Crippen LogP contribution >= 0.6 is 0 Å². The molecule has 1 amide bonds. The Balaban J connectivity index is 1.42. The van der Waals surface area contributed by atoms with Gasteiger partial charge >= 0.3 is 0 Å². The van der Waals surface area contributed by atoms with Crippen LogP contribution < -0.4 is 0 Å². The van der Waals surface area contributed by atoms with Crippen molar-refractivity contribution >= 4 is 5.91 Å². The van der Waals surface area contributed by atoms with Crippen molar-refractivity contribution < 1.29 is 4.79 Å². The van der Waals surface area contributed by atoms with Gasteiger partial charge in [0.05, 0.1) is 0 Å². The molecule has 4 heterocycles. The van der Waals surface area contributed by atoms with Gasteiger partial charge in [0, 0.05) is 56.1 Å². The molecule has 1 aromatic carbocycles. The molecule has 144 valence electrons. The first kappa shape index (κ1) is 18.2. The molecule has 0 unspecified atom stereocenters. The van der Waals surface area contributed by atoms with Gasteiger partial charge < -0.3 is 9.88 Å². The van der Waals surface area contributed by atoms with E-state index in [1.54, 1.807) is 0 Å². The quantitative estimate of drug-likeness (QED) is 0.851. The summed E-state index contributed by atoms with van der Waals surface area (Å²) in [5.41, 5.74) is 2.01. The zero-order valence-corrected chi connectivity index (χ0v) is 16.2. The fourth-order valence-electron chi connectivity index (χ4n) is 4.48. The summed E-state index contributed by atoms with van der Waals surface area (Å²) in [5, 5.41) is 0. The van der Waals surface area contributed by atoms with E-state index in [1.165, 1.54) is 31.4 Å². The number of nitrogens with one attached hydrogen (secondary N) is 1. The Morgan fingerprint density at radius 1 is 1.19 bits per heavy atom. The Morgan fingerprint density at radius 2 is 2.04 bits per heavy atom. The summed E-state index contributed by atoms with van der Waals surface area (Å²) in [6.45, 7) is 5.91. The Bertz CT molecular complexity index is 757. The maximum atomic E-state index is 12.9. The number of nitrogens with zero attached hydrogens (tertiary/aromatic N) is 3. The van der Waals surface area contributed by atoms with E-state index in [0.717, 1.165) is 44.0 Å². The van der Waals surface area contributed by atoms with Crippen LogP contribution in [-0.2, 0) is 13.0 Å². The molecule has 2 aromatic rings. The van der Waals surface area contributed by atoms with Crippen LogP contribution in [0.2, 0.25) is 0 Å². The standard InChI is InChI=1S/C22H30N4O/c1-2-3-9-21-23-12-19(24-21)15-25-13-17-10-11-20(25)16-26(14-17)22(27)18-7-5-4-6-8-18/h4-8,12,17,20H,2-3,9-11,13-16H2,1H3,(H,23,24)/t17-,20-/m1/s1. The Hall–Kier alpha value is -2.14. The highest BCUT2D eigenvalue weighted by molar-refractivity contribution is 5.94. The Kier molecular flexibility index (Phi) is 5.58. The van der Waals surface area contributed by atoms with Crippen molar-refractivity contribution in [1.82, 2.24) is 19.8 Å². The molecule has 0 spiro atoms. The number of unbranched alkanes of at least 4 members (excludes halogenated alkanes) is 1. The van der Waals surface area contributed by atoms with Gasteiger partial charge in [-0.25, -0.2) is 4.98 Å². The first-order valence-corrected chi connectivity index (χ1v) is 10.3. The minimum Gasteiger partial charge on any atom is -0.345 e. The van der Waals surface area contributed by atoms with Crippen molar-refractivity contribution in [2.75, 3.05) is 19.6 Å². The predicted octanol–water partition coefficient (Wildman–Crippen LogP) is 3.49. The normalized spacial score (nSPS) is 22.8. The van der Waals surface area contributed by atoms with Crippen molar-refractivity contribution in [3.8, 4) is 0 Å². The second kappa shape index (κ2) is 8.26. The molecule has 1 N–H and O–H groups in total. The molecule has 3 aliphatic heterocycles. The maximum absolute atomic E-state index is 12.9. The van der Waals surface area contributed by atoms with Gasteiger partial charge in [-0.2, -0.15) is 0 Å². The number of aromatic amines is 1. The number of H-pyrrole nitrogens is 1. The van der Waals surface area contributed by atoms with E-state index in [-0.39, 0.29) is 5.91 Å². The predicted molar refractivity (Wildman–Crippen MR) is 106 cm³/mol. The fraction of sp³-hybridized carbons (Fsp3) is 0.545. The second-order valence-electron chi connectivity index (χ2n) is 8.06. The lowest BCUT2D eigenvalue weighted by Gasteiger charge is -2.35. The number of hydrogen-bond acceptors (Lipinski definition) is 3. The third-order valence-corrected chi connectivity index (χ3v) is 5.96. The van der Waals surface area contributed by atoms with Crippen molar-refractivity contribution in [2.24, 2.45) is 5.92 Å². The monoisotopic (exact) mass is 366 g/mol. The van der Waals surface area contributed by atoms with E-state index in [2.05, 4.69) is 26.7 Å². The number of imidazole rings is 1. The van der Waals surface area contributed by atoms with E-state index in [1.807, 2.05) is 36.5 Å². The maximum Gasteiger partial charge on any atom is 0.253 e. The number of piperidine rings is 1. The van der Waals surface area contributed by atoms with Crippen molar-refractivity contribution in [3.63, 3.8) is 0 Å². The van der Waals surface area contributed by atoms with E-state index in [0.29, 0.717) is 12.0 Å². The fourth-order valence-corrected chi connectivity index (χ4v) is 4.48. The molecule has 27 heavy (non-hydrogen) atoms. The van der Waals surface area contributed by atoms with Gasteiger partial charge in [-0.1, -0.05) is 31.5 Å². The number of aromatic nitrogens is 2. The second-order valence-corrected chi connectivity index (χ2v) is 8.06. The summed E-state index contributed by atoms with van der Waals surface area (Å²) < 4.78 is 0. The number of carbonyl (C=O) groups is 1. The van der Waals surface area contributed by atoms with E-state index >= 15 is 0 Å². The molecular formula is C22H30N4O. The van der Waals surface area contributed by atoms with Crippen molar-refractivity contribution in [3.05, 3.63) is 53.6 Å². The van der Waals surface area contributed by atoms with Crippen LogP contribution in [0.3, 0.4) is 0 Å². The molecule has 0 aliphatic carbocycles. The zero-order valence-electron chi connectivity index (χ0n) is 16.2. The van der Waals surface area contributed by atoms with Crippen LogP contribution in [0, 0.1) is 5.92 Å². The Labute approximate surface area is 161 Å². The minimum atomic E-state index is 0.178. The van der Waals surface area contributed by atoms with Gasteiger partial charge in [0.15, 0.2) is 0 Å². The molecule has 5 rings (SSSR count). The highest BCUT2D eigenvalue weighted by Gasteiger charge is 2.36. The van der Waals surface area contributed by atoms with Crippen LogP contribution in [0.1, 0.15) is 54.5 Å². The average molecular weight is 367 g/mol. The van der Waals surface area contributed by atoms with Crippen LogP contribution in [0.5, 0.6) is 0 Å². The topological polar surface area (TPSA) is 52.2 Å². The molecule has 3 saturated heterocycles. The summed E-state index contributed by atoms with van der Waals surface area (Å²) >= 11 is 0. The molecule has 5 nitrogen and oxygen atoms in total. The SMILES string of the molecule is CCCCc1ncc(CN2C[C@H]3CC[C@@H]2CN(C(=O)c2ccccc2)C3)[nH]1. The van der Waals surface area contributed by atoms with E-state index in [4.69, 9.17) is 0 Å². The van der Waals surface area contributed by atoms with Gasteiger partial charge in [-0.05, 0) is 37.3 Å². The van der Waals surface area contributed by atoms with Gasteiger partial charge in [-0.3, -0.25) is 9.69 Å². The Morgan fingerprint density at radius 3 is 2.85 bits per heavy atom. The van der Waals surface area contributed by atoms with Crippen molar-refractivity contribution in [1.29, 1.82) is 0 Å². The number of aryl methyl sites for hydroxylation is 1. The molecule has 0 saturated carbocycles. The lowest BCUT2D eigenvalue weighted by atomic mass is 9.95. The number of carbonyl (C=O) groups excluding carboxylic acids is 1. The zero-order chi connectivity index (χ0) is 18.6. The molecule has 2 atom stereocenters. The lowest BCUT2D eigenvalue weighted by molar-refractivity contribution is 0.0735. The summed E-state index contributed by atoms with van der Waals surface area (Å²) in [6.07, 6.45) is 7.80. The molecule has 2 bridgehead atoms. The minimum absolute atomic E-state index is 0.178. The smallest absolute Gasteiger partial charge is 0.253 e. The molecule has 3 fully saturated rings. The first-order chi connectivity index (χ1) is 13.2.